The highest BCUT2D eigenvalue weighted by Crippen LogP contribution is 2.23. The number of carbonyl (C=O) groups excluding carboxylic acids is 1. The Hall–Kier alpha value is -3.42. The number of nitrogens with one attached hydrogen (secondary N) is 1. The molecule has 1 aromatic carbocycles. The summed E-state index contributed by atoms with van der Waals surface area (Å²) < 4.78 is 2.71. The summed E-state index contributed by atoms with van der Waals surface area (Å²) in [5.41, 5.74) is 2.44. The molecule has 1 amide bonds. The second-order valence-electron chi connectivity index (χ2n) is 6.76. The number of anilines is 2. The molecular formula is C21H26N6O2. The molecule has 1 unspecified atom stereocenters. The van der Waals surface area contributed by atoms with Crippen molar-refractivity contribution in [1.82, 2.24) is 19.6 Å². The van der Waals surface area contributed by atoms with E-state index in [0.29, 0.717) is 11.5 Å². The minimum atomic E-state index is -0.778. The van der Waals surface area contributed by atoms with E-state index in [-0.39, 0.29) is 11.5 Å². The van der Waals surface area contributed by atoms with Crippen molar-refractivity contribution in [2.45, 2.75) is 33.7 Å². The first-order chi connectivity index (χ1) is 13.9. The normalized spacial score (nSPS) is 11.9. The zero-order valence-electron chi connectivity index (χ0n) is 17.2. The Kier molecular flexibility index (Phi) is 6.11. The lowest BCUT2D eigenvalue weighted by molar-refractivity contribution is -0.119. The minimum absolute atomic E-state index is 0.309. The third kappa shape index (κ3) is 4.37. The Labute approximate surface area is 169 Å². The van der Waals surface area contributed by atoms with E-state index in [2.05, 4.69) is 40.3 Å². The summed E-state index contributed by atoms with van der Waals surface area (Å²) in [6, 6.07) is 9.88. The second-order valence-corrected chi connectivity index (χ2v) is 6.76. The van der Waals surface area contributed by atoms with Crippen molar-refractivity contribution in [1.29, 1.82) is 0 Å². The summed E-state index contributed by atoms with van der Waals surface area (Å²) >= 11 is 0. The van der Waals surface area contributed by atoms with E-state index in [4.69, 9.17) is 0 Å². The summed E-state index contributed by atoms with van der Waals surface area (Å²) in [6.45, 7) is 9.66. The Morgan fingerprint density at radius 3 is 2.59 bits per heavy atom. The largest absolute Gasteiger partial charge is 0.372 e. The van der Waals surface area contributed by atoms with Crippen LogP contribution in [-0.4, -0.2) is 38.6 Å². The van der Waals surface area contributed by atoms with E-state index >= 15 is 0 Å². The molecule has 0 spiro atoms. The standard InChI is InChI=1S/C21H26N6O2/c1-5-25(6-2)17-8-9-18(15(3)14-17)23-21(29)16(4)27-20(28)11-10-19(24-27)26-13-7-12-22-26/h7-14,16H,5-6H2,1-4H3,(H,23,29). The van der Waals surface area contributed by atoms with E-state index < -0.39 is 6.04 Å². The Morgan fingerprint density at radius 2 is 1.97 bits per heavy atom. The second kappa shape index (κ2) is 8.72. The summed E-state index contributed by atoms with van der Waals surface area (Å²) in [5.74, 6) is 0.157. The zero-order valence-corrected chi connectivity index (χ0v) is 17.2. The van der Waals surface area contributed by atoms with Gasteiger partial charge in [-0.1, -0.05) is 0 Å². The minimum Gasteiger partial charge on any atom is -0.372 e. The molecule has 1 atom stereocenters. The molecule has 0 aliphatic carbocycles. The molecule has 0 saturated carbocycles. The predicted molar refractivity (Wildman–Crippen MR) is 114 cm³/mol. The lowest BCUT2D eigenvalue weighted by Gasteiger charge is -2.22. The fourth-order valence-electron chi connectivity index (χ4n) is 3.14. The average Bonchev–Trinajstić information content (AvgIpc) is 3.25. The number of aromatic nitrogens is 4. The van der Waals surface area contributed by atoms with Gasteiger partial charge in [0.05, 0.1) is 0 Å². The van der Waals surface area contributed by atoms with Crippen molar-refractivity contribution < 1.29 is 4.79 Å². The van der Waals surface area contributed by atoms with Gasteiger partial charge in [-0.15, -0.1) is 5.10 Å². The number of hydrogen-bond donors (Lipinski definition) is 1. The van der Waals surface area contributed by atoms with Crippen LogP contribution in [0.3, 0.4) is 0 Å². The van der Waals surface area contributed by atoms with Gasteiger partial charge in [0.15, 0.2) is 5.82 Å². The van der Waals surface area contributed by atoms with Crippen molar-refractivity contribution in [3.63, 3.8) is 0 Å². The highest BCUT2D eigenvalue weighted by Gasteiger charge is 2.19. The van der Waals surface area contributed by atoms with E-state index in [9.17, 15) is 9.59 Å². The Bertz CT molecular complexity index is 1040. The molecular weight excluding hydrogens is 368 g/mol. The van der Waals surface area contributed by atoms with Crippen LogP contribution in [0, 0.1) is 6.92 Å². The molecule has 3 rings (SSSR count). The summed E-state index contributed by atoms with van der Waals surface area (Å²) in [5, 5.41) is 11.3. The number of benzene rings is 1. The van der Waals surface area contributed by atoms with Crippen molar-refractivity contribution in [3.8, 4) is 5.82 Å². The van der Waals surface area contributed by atoms with E-state index in [1.54, 1.807) is 31.5 Å². The van der Waals surface area contributed by atoms with Crippen molar-refractivity contribution >= 4 is 17.3 Å². The van der Waals surface area contributed by atoms with Crippen LogP contribution in [0.4, 0.5) is 11.4 Å². The van der Waals surface area contributed by atoms with Crippen molar-refractivity contribution in [2.75, 3.05) is 23.3 Å². The maximum absolute atomic E-state index is 12.8. The molecule has 2 heterocycles. The van der Waals surface area contributed by atoms with Crippen LogP contribution in [0.1, 0.15) is 32.4 Å². The first-order valence-electron chi connectivity index (χ1n) is 9.71. The summed E-state index contributed by atoms with van der Waals surface area (Å²) in [4.78, 5) is 27.3. The van der Waals surface area contributed by atoms with Gasteiger partial charge in [-0.05, 0) is 63.6 Å². The van der Waals surface area contributed by atoms with E-state index in [1.165, 1.54) is 15.4 Å². The Morgan fingerprint density at radius 1 is 1.21 bits per heavy atom. The molecule has 0 aliphatic rings. The van der Waals surface area contributed by atoms with Gasteiger partial charge in [-0.25, -0.2) is 9.36 Å². The molecule has 3 aromatic rings. The molecule has 0 saturated heterocycles. The van der Waals surface area contributed by atoms with Crippen LogP contribution in [0.5, 0.6) is 0 Å². The van der Waals surface area contributed by atoms with Gasteiger partial charge >= 0.3 is 0 Å². The lowest BCUT2D eigenvalue weighted by Crippen LogP contribution is -2.33. The third-order valence-corrected chi connectivity index (χ3v) is 4.89. The highest BCUT2D eigenvalue weighted by atomic mass is 16.2. The van der Waals surface area contributed by atoms with Gasteiger partial charge in [0, 0.05) is 42.9 Å². The highest BCUT2D eigenvalue weighted by molar-refractivity contribution is 5.94. The van der Waals surface area contributed by atoms with Crippen LogP contribution in [0.25, 0.3) is 5.82 Å². The Balaban J connectivity index is 1.81. The molecule has 0 bridgehead atoms. The van der Waals surface area contributed by atoms with Crippen LogP contribution in [-0.2, 0) is 4.79 Å². The molecule has 0 radical (unpaired) electrons. The number of hydrogen-bond acceptors (Lipinski definition) is 5. The molecule has 8 nitrogen and oxygen atoms in total. The van der Waals surface area contributed by atoms with Gasteiger partial charge < -0.3 is 10.2 Å². The topological polar surface area (TPSA) is 85.1 Å². The van der Waals surface area contributed by atoms with Crippen molar-refractivity contribution in [2.24, 2.45) is 0 Å². The third-order valence-electron chi connectivity index (χ3n) is 4.89. The van der Waals surface area contributed by atoms with Gasteiger partial charge in [-0.2, -0.15) is 5.10 Å². The van der Waals surface area contributed by atoms with E-state index in [1.807, 2.05) is 19.1 Å². The van der Waals surface area contributed by atoms with Crippen LogP contribution < -0.4 is 15.8 Å². The molecule has 29 heavy (non-hydrogen) atoms. The van der Waals surface area contributed by atoms with Crippen molar-refractivity contribution in [3.05, 3.63) is 64.7 Å². The van der Waals surface area contributed by atoms with Gasteiger partial charge in [0.2, 0.25) is 5.91 Å². The van der Waals surface area contributed by atoms with Crippen LogP contribution in [0.2, 0.25) is 0 Å². The maximum Gasteiger partial charge on any atom is 0.267 e. The summed E-state index contributed by atoms with van der Waals surface area (Å²) in [6.07, 6.45) is 3.35. The van der Waals surface area contributed by atoms with Gasteiger partial charge in [-0.3, -0.25) is 9.59 Å². The first kappa shape index (κ1) is 20.3. The maximum atomic E-state index is 12.8. The monoisotopic (exact) mass is 394 g/mol. The first-order valence-corrected chi connectivity index (χ1v) is 9.71. The summed E-state index contributed by atoms with van der Waals surface area (Å²) in [7, 11) is 0. The number of aryl methyl sites for hydroxylation is 1. The lowest BCUT2D eigenvalue weighted by atomic mass is 10.1. The number of carbonyl (C=O) groups is 1. The quantitative estimate of drug-likeness (QED) is 0.666. The molecule has 8 heteroatoms. The molecule has 1 N–H and O–H groups in total. The molecule has 152 valence electrons. The van der Waals surface area contributed by atoms with Crippen LogP contribution in [0.15, 0.2) is 53.6 Å². The molecule has 2 aromatic heterocycles. The van der Waals surface area contributed by atoms with Crippen LogP contribution >= 0.6 is 0 Å². The molecule has 0 fully saturated rings. The average molecular weight is 394 g/mol. The fourth-order valence-corrected chi connectivity index (χ4v) is 3.14. The number of nitrogens with zero attached hydrogens (tertiary/aromatic N) is 5. The SMILES string of the molecule is CCN(CC)c1ccc(NC(=O)C(C)n2nc(-n3cccn3)ccc2=O)c(C)c1. The predicted octanol–water partition coefficient (Wildman–Crippen LogP) is 2.78. The molecule has 0 aliphatic heterocycles. The van der Waals surface area contributed by atoms with Gasteiger partial charge in [0.1, 0.15) is 6.04 Å². The van der Waals surface area contributed by atoms with Gasteiger partial charge in [0.25, 0.3) is 5.56 Å². The number of rotatable bonds is 7. The smallest absolute Gasteiger partial charge is 0.267 e. The zero-order chi connectivity index (χ0) is 21.0. The fraction of sp³-hybridized carbons (Fsp3) is 0.333. The van der Waals surface area contributed by atoms with E-state index in [0.717, 1.165) is 24.3 Å². The number of amides is 1.